The van der Waals surface area contributed by atoms with Gasteiger partial charge in [0.1, 0.15) is 0 Å². The number of nitrogens with one attached hydrogen (secondary N) is 1. The summed E-state index contributed by atoms with van der Waals surface area (Å²) in [5.74, 6) is 0. The van der Waals surface area contributed by atoms with Gasteiger partial charge in [-0.3, -0.25) is 0 Å². The summed E-state index contributed by atoms with van der Waals surface area (Å²) in [7, 11) is 0. The number of H-pyrrole nitrogens is 1. The van der Waals surface area contributed by atoms with Crippen molar-refractivity contribution in [2.24, 2.45) is 0 Å². The fourth-order valence-corrected chi connectivity index (χ4v) is 2.49. The summed E-state index contributed by atoms with van der Waals surface area (Å²) in [5, 5.41) is 0.807. The lowest BCUT2D eigenvalue weighted by Crippen LogP contribution is -2.04. The molecule has 0 aliphatic heterocycles. The largest absolute Gasteiger partial charge is 0.416 e. The van der Waals surface area contributed by atoms with Crippen LogP contribution in [0.25, 0.3) is 22.0 Å². The van der Waals surface area contributed by atoms with Crippen molar-refractivity contribution in [3.8, 4) is 11.1 Å². The molecule has 2 aromatic carbocycles. The van der Waals surface area contributed by atoms with Gasteiger partial charge in [0, 0.05) is 22.2 Å². The van der Waals surface area contributed by atoms with E-state index in [1.165, 1.54) is 6.07 Å². The highest BCUT2D eigenvalue weighted by atomic mass is 19.4. The van der Waals surface area contributed by atoms with Crippen LogP contribution in [-0.4, -0.2) is 4.98 Å². The fraction of sp³-hybridized carbons (Fsp3) is 0.125. The molecule has 3 aromatic rings. The molecule has 0 bridgehead atoms. The van der Waals surface area contributed by atoms with E-state index in [0.29, 0.717) is 5.52 Å². The molecule has 0 radical (unpaired) electrons. The van der Waals surface area contributed by atoms with Gasteiger partial charge in [0.25, 0.3) is 0 Å². The normalized spacial score (nSPS) is 12.0. The Kier molecular flexibility index (Phi) is 2.82. The summed E-state index contributed by atoms with van der Waals surface area (Å²) in [6.07, 6.45) is -4.32. The lowest BCUT2D eigenvalue weighted by atomic mass is 10.0. The van der Waals surface area contributed by atoms with E-state index in [1.54, 1.807) is 0 Å². The van der Waals surface area contributed by atoms with Gasteiger partial charge in [0.15, 0.2) is 0 Å². The van der Waals surface area contributed by atoms with Gasteiger partial charge in [0.2, 0.25) is 0 Å². The molecule has 0 spiro atoms. The molecule has 0 aliphatic carbocycles. The van der Waals surface area contributed by atoms with Gasteiger partial charge < -0.3 is 4.98 Å². The van der Waals surface area contributed by atoms with Gasteiger partial charge in [0.05, 0.1) is 5.56 Å². The van der Waals surface area contributed by atoms with Crippen LogP contribution in [0.4, 0.5) is 13.2 Å². The molecule has 0 saturated carbocycles. The molecule has 1 heterocycles. The Bertz CT molecular complexity index is 754. The van der Waals surface area contributed by atoms with Crippen LogP contribution >= 0.6 is 0 Å². The zero-order chi connectivity index (χ0) is 14.3. The first-order valence-electron chi connectivity index (χ1n) is 6.22. The van der Waals surface area contributed by atoms with Gasteiger partial charge in [-0.1, -0.05) is 36.4 Å². The molecule has 0 amide bonds. The van der Waals surface area contributed by atoms with Crippen molar-refractivity contribution in [1.29, 1.82) is 0 Å². The van der Waals surface area contributed by atoms with E-state index in [0.717, 1.165) is 34.3 Å². The van der Waals surface area contributed by atoms with Crippen molar-refractivity contribution < 1.29 is 13.2 Å². The van der Waals surface area contributed by atoms with Gasteiger partial charge in [-0.05, 0) is 24.6 Å². The Morgan fingerprint density at radius 2 is 1.65 bits per heavy atom. The highest BCUT2D eigenvalue weighted by Crippen LogP contribution is 2.36. The molecule has 0 fully saturated rings. The smallest absolute Gasteiger partial charge is 0.358 e. The zero-order valence-corrected chi connectivity index (χ0v) is 10.8. The standard InChI is InChI=1S/C16H12F3N/c1-10-15(11-5-3-2-4-6-11)13-8-7-12(16(17,18)19)9-14(13)20-10/h2-9,20H,1H3. The van der Waals surface area contributed by atoms with Crippen molar-refractivity contribution in [3.63, 3.8) is 0 Å². The van der Waals surface area contributed by atoms with E-state index in [-0.39, 0.29) is 0 Å². The number of fused-ring (bicyclic) bond motifs is 1. The second kappa shape index (κ2) is 4.40. The monoisotopic (exact) mass is 275 g/mol. The van der Waals surface area contributed by atoms with Crippen molar-refractivity contribution in [3.05, 3.63) is 59.8 Å². The lowest BCUT2D eigenvalue weighted by molar-refractivity contribution is -0.137. The Morgan fingerprint density at radius 1 is 0.950 bits per heavy atom. The molecule has 0 saturated heterocycles. The van der Waals surface area contributed by atoms with Crippen LogP contribution in [-0.2, 0) is 6.18 Å². The Balaban J connectivity index is 2.23. The van der Waals surface area contributed by atoms with Crippen molar-refractivity contribution >= 4 is 10.9 Å². The number of hydrogen-bond acceptors (Lipinski definition) is 0. The number of halogens is 3. The van der Waals surface area contributed by atoms with Crippen LogP contribution in [0.1, 0.15) is 11.3 Å². The molecule has 0 atom stereocenters. The number of hydrogen-bond donors (Lipinski definition) is 1. The predicted octanol–water partition coefficient (Wildman–Crippen LogP) is 5.16. The van der Waals surface area contributed by atoms with E-state index < -0.39 is 11.7 Å². The maximum atomic E-state index is 12.7. The van der Waals surface area contributed by atoms with Crippen molar-refractivity contribution in [2.45, 2.75) is 13.1 Å². The summed E-state index contributed by atoms with van der Waals surface area (Å²) in [5.41, 5.74) is 2.69. The van der Waals surface area contributed by atoms with Gasteiger partial charge in [-0.2, -0.15) is 13.2 Å². The molecule has 0 unspecified atom stereocenters. The number of aromatic amines is 1. The maximum absolute atomic E-state index is 12.7. The maximum Gasteiger partial charge on any atom is 0.416 e. The van der Waals surface area contributed by atoms with Crippen molar-refractivity contribution in [1.82, 2.24) is 4.98 Å². The minimum Gasteiger partial charge on any atom is -0.358 e. The number of benzene rings is 2. The van der Waals surface area contributed by atoms with Crippen LogP contribution in [0.3, 0.4) is 0 Å². The summed E-state index contributed by atoms with van der Waals surface area (Å²) in [6, 6.07) is 13.5. The molecule has 4 heteroatoms. The summed E-state index contributed by atoms with van der Waals surface area (Å²) in [6.45, 7) is 1.87. The molecule has 3 rings (SSSR count). The Morgan fingerprint density at radius 3 is 2.30 bits per heavy atom. The SMILES string of the molecule is Cc1[nH]c2cc(C(F)(F)F)ccc2c1-c1ccccc1. The minimum atomic E-state index is -4.32. The third-order valence-corrected chi connectivity index (χ3v) is 3.38. The Hall–Kier alpha value is -2.23. The lowest BCUT2D eigenvalue weighted by Gasteiger charge is -2.06. The number of aryl methyl sites for hydroxylation is 1. The van der Waals surface area contributed by atoms with Crippen LogP contribution in [0.2, 0.25) is 0 Å². The molecule has 1 nitrogen and oxygen atoms in total. The molecule has 20 heavy (non-hydrogen) atoms. The second-order valence-electron chi connectivity index (χ2n) is 4.75. The van der Waals surface area contributed by atoms with E-state index in [9.17, 15) is 13.2 Å². The predicted molar refractivity (Wildman–Crippen MR) is 73.5 cm³/mol. The first-order chi connectivity index (χ1) is 9.47. The number of aromatic nitrogens is 1. The summed E-state index contributed by atoms with van der Waals surface area (Å²) < 4.78 is 38.2. The molecule has 1 aromatic heterocycles. The summed E-state index contributed by atoms with van der Waals surface area (Å²) >= 11 is 0. The van der Waals surface area contributed by atoms with Gasteiger partial charge in [-0.15, -0.1) is 0 Å². The highest BCUT2D eigenvalue weighted by Gasteiger charge is 2.30. The zero-order valence-electron chi connectivity index (χ0n) is 10.8. The molecule has 0 aliphatic rings. The van der Waals surface area contributed by atoms with Gasteiger partial charge in [-0.25, -0.2) is 0 Å². The van der Waals surface area contributed by atoms with Gasteiger partial charge >= 0.3 is 6.18 Å². The summed E-state index contributed by atoms with van der Waals surface area (Å²) in [4.78, 5) is 3.04. The third-order valence-electron chi connectivity index (χ3n) is 3.38. The second-order valence-corrected chi connectivity index (χ2v) is 4.75. The van der Waals surface area contributed by atoms with E-state index in [2.05, 4.69) is 4.98 Å². The van der Waals surface area contributed by atoms with E-state index >= 15 is 0 Å². The first-order valence-corrected chi connectivity index (χ1v) is 6.22. The molecule has 102 valence electrons. The quantitative estimate of drug-likeness (QED) is 0.631. The van der Waals surface area contributed by atoms with Crippen molar-refractivity contribution in [2.75, 3.05) is 0 Å². The molecular weight excluding hydrogens is 263 g/mol. The number of rotatable bonds is 1. The topological polar surface area (TPSA) is 15.8 Å². The average Bonchev–Trinajstić information content (AvgIpc) is 2.73. The highest BCUT2D eigenvalue weighted by molar-refractivity contribution is 5.97. The minimum absolute atomic E-state index is 0.510. The first kappa shape index (κ1) is 12.8. The van der Waals surface area contributed by atoms with Crippen LogP contribution in [0, 0.1) is 6.92 Å². The molecular formula is C16H12F3N. The van der Waals surface area contributed by atoms with E-state index in [4.69, 9.17) is 0 Å². The average molecular weight is 275 g/mol. The number of alkyl halides is 3. The van der Waals surface area contributed by atoms with Crippen LogP contribution in [0.5, 0.6) is 0 Å². The third kappa shape index (κ3) is 2.07. The Labute approximate surface area is 114 Å². The van der Waals surface area contributed by atoms with Crippen LogP contribution in [0.15, 0.2) is 48.5 Å². The molecule has 1 N–H and O–H groups in total. The fourth-order valence-electron chi connectivity index (χ4n) is 2.49. The van der Waals surface area contributed by atoms with E-state index in [1.807, 2.05) is 37.3 Å². The van der Waals surface area contributed by atoms with Crippen LogP contribution < -0.4 is 0 Å².